The van der Waals surface area contributed by atoms with Gasteiger partial charge in [-0.3, -0.25) is 19.6 Å². The Balaban J connectivity index is 1.57. The SMILES string of the molecule is Cc1cc(NC(=O)c2cc(C(=O)Nc3ccc(-c4ccccc4F)nc3)ccc2OC(F)(F)F)ccn1. The molecule has 188 valence electrons. The van der Waals surface area contributed by atoms with Crippen molar-refractivity contribution in [3.63, 3.8) is 0 Å². The number of aryl methyl sites for hydroxylation is 1. The number of ether oxygens (including phenoxy) is 1. The number of anilines is 2. The van der Waals surface area contributed by atoms with Crippen molar-refractivity contribution >= 4 is 23.2 Å². The number of carbonyl (C=O) groups is 2. The van der Waals surface area contributed by atoms with Crippen LogP contribution in [0.3, 0.4) is 0 Å². The van der Waals surface area contributed by atoms with E-state index in [1.54, 1.807) is 25.1 Å². The number of hydrogen-bond donors (Lipinski definition) is 2. The first-order valence-electron chi connectivity index (χ1n) is 10.8. The van der Waals surface area contributed by atoms with Crippen LogP contribution in [0.15, 0.2) is 79.1 Å². The standard InChI is InChI=1S/C26H18F4N4O3/c1-15-12-17(10-11-31-15)33-25(36)20-13-16(6-9-23(20)37-26(28,29)30)24(35)34-18-7-8-22(32-14-18)19-4-2-3-5-21(19)27/h2-14H,1H3,(H,34,35)(H,31,33,36). The van der Waals surface area contributed by atoms with Crippen molar-refractivity contribution in [2.24, 2.45) is 0 Å². The molecule has 0 fully saturated rings. The molecule has 11 heteroatoms. The molecule has 0 aliphatic carbocycles. The lowest BCUT2D eigenvalue weighted by Crippen LogP contribution is -2.22. The van der Waals surface area contributed by atoms with Gasteiger partial charge in [0.2, 0.25) is 0 Å². The van der Waals surface area contributed by atoms with E-state index in [0.717, 1.165) is 18.2 Å². The van der Waals surface area contributed by atoms with E-state index in [4.69, 9.17) is 0 Å². The van der Waals surface area contributed by atoms with Crippen molar-refractivity contribution in [1.82, 2.24) is 9.97 Å². The van der Waals surface area contributed by atoms with E-state index < -0.39 is 35.3 Å². The maximum Gasteiger partial charge on any atom is 0.573 e. The highest BCUT2D eigenvalue weighted by atomic mass is 19.4. The molecule has 4 aromatic rings. The quantitative estimate of drug-likeness (QED) is 0.311. The molecule has 2 aromatic heterocycles. The van der Waals surface area contributed by atoms with Crippen molar-refractivity contribution in [2.75, 3.05) is 10.6 Å². The molecule has 0 unspecified atom stereocenters. The van der Waals surface area contributed by atoms with Crippen LogP contribution >= 0.6 is 0 Å². The minimum atomic E-state index is -5.06. The van der Waals surface area contributed by atoms with Gasteiger partial charge in [0.15, 0.2) is 0 Å². The number of rotatable bonds is 6. The molecule has 37 heavy (non-hydrogen) atoms. The van der Waals surface area contributed by atoms with Gasteiger partial charge < -0.3 is 15.4 Å². The molecule has 0 bridgehead atoms. The normalized spacial score (nSPS) is 11.1. The first-order valence-corrected chi connectivity index (χ1v) is 10.8. The third kappa shape index (κ3) is 6.45. The summed E-state index contributed by atoms with van der Waals surface area (Å²) in [5.41, 5.74) is 1.13. The zero-order valence-corrected chi connectivity index (χ0v) is 19.1. The van der Waals surface area contributed by atoms with Crippen LogP contribution in [0.2, 0.25) is 0 Å². The maximum atomic E-state index is 14.0. The van der Waals surface area contributed by atoms with E-state index in [1.165, 1.54) is 42.7 Å². The molecule has 0 saturated heterocycles. The van der Waals surface area contributed by atoms with E-state index in [0.29, 0.717) is 17.1 Å². The van der Waals surface area contributed by atoms with Gasteiger partial charge in [0.25, 0.3) is 11.8 Å². The largest absolute Gasteiger partial charge is 0.573 e. The summed E-state index contributed by atoms with van der Waals surface area (Å²) in [4.78, 5) is 33.7. The number of amides is 2. The number of aromatic nitrogens is 2. The highest BCUT2D eigenvalue weighted by Crippen LogP contribution is 2.29. The topological polar surface area (TPSA) is 93.2 Å². The number of carbonyl (C=O) groups excluding carboxylic acids is 2. The van der Waals surface area contributed by atoms with E-state index in [1.807, 2.05) is 0 Å². The second-order valence-electron chi connectivity index (χ2n) is 7.76. The highest BCUT2D eigenvalue weighted by Gasteiger charge is 2.33. The molecule has 0 aliphatic rings. The smallest absolute Gasteiger partial charge is 0.405 e. The number of nitrogens with one attached hydrogen (secondary N) is 2. The predicted octanol–water partition coefficient (Wildman–Crippen LogP) is 5.99. The van der Waals surface area contributed by atoms with Gasteiger partial charge in [-0.15, -0.1) is 13.2 Å². The summed E-state index contributed by atoms with van der Waals surface area (Å²) < 4.78 is 56.7. The third-order valence-electron chi connectivity index (χ3n) is 5.04. The van der Waals surface area contributed by atoms with E-state index in [9.17, 15) is 27.2 Å². The molecule has 0 saturated carbocycles. The Morgan fingerprint density at radius 3 is 2.30 bits per heavy atom. The van der Waals surface area contributed by atoms with Crippen LogP contribution in [-0.4, -0.2) is 28.1 Å². The first kappa shape index (κ1) is 25.3. The molecule has 0 spiro atoms. The van der Waals surface area contributed by atoms with Crippen LogP contribution in [0, 0.1) is 12.7 Å². The number of benzene rings is 2. The van der Waals surface area contributed by atoms with Gasteiger partial charge >= 0.3 is 6.36 Å². The van der Waals surface area contributed by atoms with Gasteiger partial charge in [-0.25, -0.2) is 4.39 Å². The van der Waals surface area contributed by atoms with Gasteiger partial charge in [0, 0.05) is 28.7 Å². The number of nitrogens with zero attached hydrogens (tertiary/aromatic N) is 2. The lowest BCUT2D eigenvalue weighted by Gasteiger charge is -2.15. The molecule has 4 rings (SSSR count). The Morgan fingerprint density at radius 1 is 0.865 bits per heavy atom. The molecule has 0 radical (unpaired) electrons. The van der Waals surface area contributed by atoms with Crippen LogP contribution in [0.1, 0.15) is 26.4 Å². The zero-order chi connectivity index (χ0) is 26.6. The average molecular weight is 510 g/mol. The lowest BCUT2D eigenvalue weighted by atomic mass is 10.1. The second kappa shape index (κ2) is 10.4. The van der Waals surface area contributed by atoms with Gasteiger partial charge in [0.1, 0.15) is 11.6 Å². The van der Waals surface area contributed by atoms with Crippen LogP contribution in [0.5, 0.6) is 5.75 Å². The minimum absolute atomic E-state index is 0.108. The molecular weight excluding hydrogens is 492 g/mol. The fourth-order valence-electron chi connectivity index (χ4n) is 3.38. The van der Waals surface area contributed by atoms with Gasteiger partial charge in [-0.05, 0) is 61.5 Å². The molecule has 0 aliphatic heterocycles. The summed E-state index contributed by atoms with van der Waals surface area (Å²) in [5.74, 6) is -2.87. The lowest BCUT2D eigenvalue weighted by molar-refractivity contribution is -0.274. The molecule has 2 amide bonds. The molecular formula is C26H18F4N4O3. The Bertz CT molecular complexity index is 1460. The number of alkyl halides is 3. The van der Waals surface area contributed by atoms with Crippen molar-refractivity contribution in [3.05, 3.63) is 102 Å². The van der Waals surface area contributed by atoms with Gasteiger partial charge in [-0.2, -0.15) is 0 Å². The number of pyridine rings is 2. The van der Waals surface area contributed by atoms with Gasteiger partial charge in [0.05, 0.1) is 23.1 Å². The van der Waals surface area contributed by atoms with Crippen molar-refractivity contribution < 1.29 is 31.9 Å². The molecule has 0 atom stereocenters. The Labute approximate surface area is 208 Å². The van der Waals surface area contributed by atoms with Crippen molar-refractivity contribution in [1.29, 1.82) is 0 Å². The summed E-state index contributed by atoms with van der Waals surface area (Å²) in [6.07, 6.45) is -2.33. The van der Waals surface area contributed by atoms with E-state index in [2.05, 4.69) is 25.3 Å². The fourth-order valence-corrected chi connectivity index (χ4v) is 3.38. The van der Waals surface area contributed by atoms with Crippen molar-refractivity contribution in [2.45, 2.75) is 13.3 Å². The summed E-state index contributed by atoms with van der Waals surface area (Å²) >= 11 is 0. The number of halogens is 4. The predicted molar refractivity (Wildman–Crippen MR) is 128 cm³/mol. The van der Waals surface area contributed by atoms with Crippen LogP contribution in [0.25, 0.3) is 11.3 Å². The summed E-state index contributed by atoms with van der Waals surface area (Å²) in [5, 5.41) is 5.01. The van der Waals surface area contributed by atoms with Crippen LogP contribution < -0.4 is 15.4 Å². The Morgan fingerprint density at radius 2 is 1.62 bits per heavy atom. The van der Waals surface area contributed by atoms with Gasteiger partial charge in [-0.1, -0.05) is 12.1 Å². The monoisotopic (exact) mass is 510 g/mol. The van der Waals surface area contributed by atoms with Crippen LogP contribution in [0.4, 0.5) is 28.9 Å². The average Bonchev–Trinajstić information content (AvgIpc) is 2.84. The third-order valence-corrected chi connectivity index (χ3v) is 5.04. The molecule has 2 heterocycles. The second-order valence-corrected chi connectivity index (χ2v) is 7.76. The zero-order valence-electron chi connectivity index (χ0n) is 19.1. The van der Waals surface area contributed by atoms with Crippen molar-refractivity contribution in [3.8, 4) is 17.0 Å². The summed E-state index contributed by atoms with van der Waals surface area (Å²) in [7, 11) is 0. The van der Waals surface area contributed by atoms with E-state index in [-0.39, 0.29) is 16.8 Å². The molecule has 7 nitrogen and oxygen atoms in total. The maximum absolute atomic E-state index is 14.0. The molecule has 2 N–H and O–H groups in total. The Hall–Kier alpha value is -4.80. The first-order chi connectivity index (χ1) is 17.6. The number of hydrogen-bond acceptors (Lipinski definition) is 5. The van der Waals surface area contributed by atoms with Crippen LogP contribution in [-0.2, 0) is 0 Å². The molecule has 2 aromatic carbocycles. The van der Waals surface area contributed by atoms with E-state index >= 15 is 0 Å². The fraction of sp³-hybridized carbons (Fsp3) is 0.0769. The highest BCUT2D eigenvalue weighted by molar-refractivity contribution is 6.10. The Kier molecular flexibility index (Phi) is 7.14. The summed E-state index contributed by atoms with van der Waals surface area (Å²) in [6, 6.07) is 15.0. The minimum Gasteiger partial charge on any atom is -0.405 e. The summed E-state index contributed by atoms with van der Waals surface area (Å²) in [6.45, 7) is 1.68.